The monoisotopic (exact) mass is 371 g/mol. The van der Waals surface area contributed by atoms with E-state index in [2.05, 4.69) is 10.6 Å². The van der Waals surface area contributed by atoms with E-state index in [0.29, 0.717) is 5.92 Å². The Bertz CT molecular complexity index is 862. The van der Waals surface area contributed by atoms with Gasteiger partial charge in [0.15, 0.2) is 0 Å². The fourth-order valence-corrected chi connectivity index (χ4v) is 2.92. The molecule has 3 rings (SSSR count). The molecule has 0 spiro atoms. The molecule has 1 aliphatic heterocycles. The Labute approximate surface area is 156 Å². The smallest absolute Gasteiger partial charge is 0.316 e. The van der Waals surface area contributed by atoms with Crippen LogP contribution >= 0.6 is 0 Å². The van der Waals surface area contributed by atoms with Crippen molar-refractivity contribution >= 4 is 12.2 Å². The van der Waals surface area contributed by atoms with Crippen LogP contribution in [0.1, 0.15) is 27.8 Å². The van der Waals surface area contributed by atoms with Gasteiger partial charge in [-0.15, -0.1) is 0 Å². The van der Waals surface area contributed by atoms with Crippen LogP contribution in [0.15, 0.2) is 42.5 Å². The molecule has 6 heteroatoms. The van der Waals surface area contributed by atoms with E-state index in [1.807, 2.05) is 24.3 Å². The number of hydrogen-bond acceptors (Lipinski definition) is 3. The Kier molecular flexibility index (Phi) is 5.94. The van der Waals surface area contributed by atoms with Crippen LogP contribution in [0, 0.1) is 17.2 Å². The molecule has 0 aliphatic carbocycles. The Hall–Kier alpha value is -2.62. The van der Waals surface area contributed by atoms with Gasteiger partial charge < -0.3 is 10.6 Å². The van der Waals surface area contributed by atoms with Gasteiger partial charge in [0, 0.05) is 26.2 Å². The van der Waals surface area contributed by atoms with Crippen LogP contribution in [0.5, 0.6) is 0 Å². The fraction of sp³-hybridized carbons (Fsp3) is 0.286. The molecule has 1 heterocycles. The fourth-order valence-electron chi connectivity index (χ4n) is 2.92. The molecule has 0 amide bonds. The molecule has 0 bridgehead atoms. The van der Waals surface area contributed by atoms with E-state index in [-0.39, 0.29) is 11.1 Å². The van der Waals surface area contributed by atoms with Gasteiger partial charge in [0.2, 0.25) is 0 Å². The summed E-state index contributed by atoms with van der Waals surface area (Å²) in [5.41, 5.74) is 1.15. The number of alkyl halides is 3. The Morgan fingerprint density at radius 3 is 2.63 bits per heavy atom. The van der Waals surface area contributed by atoms with Crippen LogP contribution in [0.2, 0.25) is 0 Å². The van der Waals surface area contributed by atoms with Crippen molar-refractivity contribution in [3.63, 3.8) is 0 Å². The lowest BCUT2D eigenvalue weighted by atomic mass is 10.0. The van der Waals surface area contributed by atoms with Gasteiger partial charge in [-0.05, 0) is 34.7 Å². The molecule has 1 saturated heterocycles. The highest BCUT2D eigenvalue weighted by Gasteiger charge is 2.33. The van der Waals surface area contributed by atoms with Gasteiger partial charge in [-0.2, -0.15) is 18.4 Å². The molecule has 3 nitrogen and oxygen atoms in total. The summed E-state index contributed by atoms with van der Waals surface area (Å²) >= 11 is 0. The standard InChI is InChI=1S/C21H20F3N3/c22-21(23,24)20-9-16(10-25)5-7-19(20)6-4-15-2-1-3-17(8-15)11-26-12-18-13-27-14-18/h1-9,18,26-27H,11-14H2/b6-4+. The predicted octanol–water partition coefficient (Wildman–Crippen LogP) is 4.06. The number of rotatable bonds is 6. The van der Waals surface area contributed by atoms with Gasteiger partial charge in [-0.25, -0.2) is 0 Å². The van der Waals surface area contributed by atoms with Crippen LogP contribution in [-0.2, 0) is 12.7 Å². The zero-order valence-corrected chi connectivity index (χ0v) is 14.7. The summed E-state index contributed by atoms with van der Waals surface area (Å²) in [6, 6.07) is 13.1. The quantitative estimate of drug-likeness (QED) is 0.753. The molecule has 1 aliphatic rings. The number of nitrogens with zero attached hydrogens (tertiary/aromatic N) is 1. The van der Waals surface area contributed by atoms with Gasteiger partial charge >= 0.3 is 6.18 Å². The second-order valence-corrected chi connectivity index (χ2v) is 6.65. The van der Waals surface area contributed by atoms with Crippen LogP contribution < -0.4 is 10.6 Å². The molecular weight excluding hydrogens is 351 g/mol. The molecular formula is C21H20F3N3. The molecule has 2 aromatic carbocycles. The highest BCUT2D eigenvalue weighted by atomic mass is 19.4. The summed E-state index contributed by atoms with van der Waals surface area (Å²) in [6.07, 6.45) is -1.40. The number of hydrogen-bond donors (Lipinski definition) is 2. The topological polar surface area (TPSA) is 47.9 Å². The van der Waals surface area contributed by atoms with Crippen LogP contribution in [0.25, 0.3) is 12.2 Å². The molecule has 0 radical (unpaired) electrons. The lowest BCUT2D eigenvalue weighted by molar-refractivity contribution is -0.137. The first kappa shape index (κ1) is 19.2. The van der Waals surface area contributed by atoms with Gasteiger partial charge in [-0.3, -0.25) is 0 Å². The summed E-state index contributed by atoms with van der Waals surface area (Å²) in [7, 11) is 0. The Morgan fingerprint density at radius 2 is 1.96 bits per heavy atom. The second-order valence-electron chi connectivity index (χ2n) is 6.65. The normalized spacial score (nSPS) is 14.9. The average Bonchev–Trinajstić information content (AvgIpc) is 2.61. The third-order valence-electron chi connectivity index (χ3n) is 4.52. The van der Waals surface area contributed by atoms with E-state index in [1.54, 1.807) is 12.1 Å². The van der Waals surface area contributed by atoms with Crippen molar-refractivity contribution in [3.05, 3.63) is 70.3 Å². The van der Waals surface area contributed by atoms with Crippen molar-refractivity contribution in [2.45, 2.75) is 12.7 Å². The first-order chi connectivity index (χ1) is 13.0. The summed E-state index contributed by atoms with van der Waals surface area (Å²) in [6.45, 7) is 3.76. The van der Waals surface area contributed by atoms with Crippen LogP contribution in [0.3, 0.4) is 0 Å². The third kappa shape index (κ3) is 5.19. The average molecular weight is 371 g/mol. The van der Waals surface area contributed by atoms with E-state index in [9.17, 15) is 13.2 Å². The van der Waals surface area contributed by atoms with Crippen molar-refractivity contribution in [1.82, 2.24) is 10.6 Å². The van der Waals surface area contributed by atoms with Gasteiger partial charge in [0.1, 0.15) is 0 Å². The zero-order valence-electron chi connectivity index (χ0n) is 14.7. The van der Waals surface area contributed by atoms with E-state index in [0.717, 1.165) is 43.4 Å². The number of nitrogens with one attached hydrogen (secondary N) is 2. The summed E-state index contributed by atoms with van der Waals surface area (Å²) < 4.78 is 39.7. The van der Waals surface area contributed by atoms with Crippen LogP contribution in [-0.4, -0.2) is 19.6 Å². The van der Waals surface area contributed by atoms with Crippen molar-refractivity contribution in [2.24, 2.45) is 5.92 Å². The summed E-state index contributed by atoms with van der Waals surface area (Å²) in [4.78, 5) is 0. The Morgan fingerprint density at radius 1 is 1.15 bits per heavy atom. The van der Waals surface area contributed by atoms with E-state index in [1.165, 1.54) is 18.2 Å². The minimum Gasteiger partial charge on any atom is -0.316 e. The third-order valence-corrected chi connectivity index (χ3v) is 4.52. The van der Waals surface area contributed by atoms with Crippen molar-refractivity contribution in [2.75, 3.05) is 19.6 Å². The molecule has 0 atom stereocenters. The highest BCUT2D eigenvalue weighted by molar-refractivity contribution is 5.72. The molecule has 0 saturated carbocycles. The molecule has 0 unspecified atom stereocenters. The van der Waals surface area contributed by atoms with E-state index < -0.39 is 11.7 Å². The molecule has 27 heavy (non-hydrogen) atoms. The van der Waals surface area contributed by atoms with Gasteiger partial charge in [-0.1, -0.05) is 42.5 Å². The SMILES string of the molecule is N#Cc1ccc(/C=C/c2cccc(CNCC3CNC3)c2)c(C(F)(F)F)c1. The number of halogens is 3. The van der Waals surface area contributed by atoms with Crippen molar-refractivity contribution in [1.29, 1.82) is 5.26 Å². The lowest BCUT2D eigenvalue weighted by Crippen LogP contribution is -2.47. The first-order valence-corrected chi connectivity index (χ1v) is 8.75. The number of nitriles is 1. The molecule has 0 aromatic heterocycles. The van der Waals surface area contributed by atoms with Crippen molar-refractivity contribution < 1.29 is 13.2 Å². The number of benzene rings is 2. The largest absolute Gasteiger partial charge is 0.417 e. The van der Waals surface area contributed by atoms with E-state index >= 15 is 0 Å². The molecule has 2 N–H and O–H groups in total. The molecule has 1 fully saturated rings. The van der Waals surface area contributed by atoms with Gasteiger partial charge in [0.25, 0.3) is 0 Å². The summed E-state index contributed by atoms with van der Waals surface area (Å²) in [5, 5.41) is 15.5. The van der Waals surface area contributed by atoms with Crippen molar-refractivity contribution in [3.8, 4) is 6.07 Å². The predicted molar refractivity (Wildman–Crippen MR) is 99.6 cm³/mol. The molecule has 140 valence electrons. The highest BCUT2D eigenvalue weighted by Crippen LogP contribution is 2.33. The second kappa shape index (κ2) is 8.38. The van der Waals surface area contributed by atoms with E-state index in [4.69, 9.17) is 5.26 Å². The summed E-state index contributed by atoms with van der Waals surface area (Å²) in [5.74, 6) is 0.672. The minimum absolute atomic E-state index is 0.00536. The maximum atomic E-state index is 13.2. The lowest BCUT2D eigenvalue weighted by Gasteiger charge is -2.27. The Balaban J connectivity index is 1.72. The maximum Gasteiger partial charge on any atom is 0.417 e. The first-order valence-electron chi connectivity index (χ1n) is 8.75. The van der Waals surface area contributed by atoms with Gasteiger partial charge in [0.05, 0.1) is 17.2 Å². The molecule has 2 aromatic rings. The van der Waals surface area contributed by atoms with Crippen LogP contribution in [0.4, 0.5) is 13.2 Å². The minimum atomic E-state index is -4.51. The maximum absolute atomic E-state index is 13.2. The zero-order chi connectivity index (χ0) is 19.3.